The summed E-state index contributed by atoms with van der Waals surface area (Å²) in [4.78, 5) is 12.0. The molecule has 0 saturated carbocycles. The average molecular weight is 333 g/mol. The zero-order chi connectivity index (χ0) is 14.4. The molecule has 0 saturated heterocycles. The fourth-order valence-electron chi connectivity index (χ4n) is 1.95. The van der Waals surface area contributed by atoms with E-state index in [2.05, 4.69) is 21.2 Å². The SMILES string of the molecule is NC(CCNC(=O)c1ccccc1Br)c1ccccc1. The lowest BCUT2D eigenvalue weighted by Gasteiger charge is -2.13. The van der Waals surface area contributed by atoms with E-state index >= 15 is 0 Å². The highest BCUT2D eigenvalue weighted by molar-refractivity contribution is 9.10. The van der Waals surface area contributed by atoms with Crippen LogP contribution in [0, 0.1) is 0 Å². The molecule has 2 rings (SSSR count). The van der Waals surface area contributed by atoms with E-state index in [1.54, 1.807) is 6.07 Å². The lowest BCUT2D eigenvalue weighted by atomic mass is 10.1. The number of benzene rings is 2. The minimum absolute atomic E-state index is 0.0595. The summed E-state index contributed by atoms with van der Waals surface area (Å²) in [5.74, 6) is -0.0854. The first-order valence-electron chi connectivity index (χ1n) is 6.51. The van der Waals surface area contributed by atoms with Crippen molar-refractivity contribution >= 4 is 21.8 Å². The molecule has 0 aromatic heterocycles. The van der Waals surface area contributed by atoms with E-state index in [9.17, 15) is 4.79 Å². The van der Waals surface area contributed by atoms with Crippen LogP contribution >= 0.6 is 15.9 Å². The maximum absolute atomic E-state index is 12.0. The molecular formula is C16H17BrN2O. The van der Waals surface area contributed by atoms with E-state index in [1.807, 2.05) is 48.5 Å². The molecule has 2 aromatic carbocycles. The molecule has 1 unspecified atom stereocenters. The third-order valence-corrected chi connectivity index (χ3v) is 3.78. The Bertz CT molecular complexity index is 572. The van der Waals surface area contributed by atoms with E-state index in [-0.39, 0.29) is 11.9 Å². The second kappa shape index (κ2) is 7.22. The summed E-state index contributed by atoms with van der Waals surface area (Å²) < 4.78 is 0.796. The number of hydrogen-bond acceptors (Lipinski definition) is 2. The zero-order valence-electron chi connectivity index (χ0n) is 11.1. The number of hydrogen-bond donors (Lipinski definition) is 2. The van der Waals surface area contributed by atoms with Crippen LogP contribution < -0.4 is 11.1 Å². The van der Waals surface area contributed by atoms with Gasteiger partial charge in [-0.3, -0.25) is 4.79 Å². The van der Waals surface area contributed by atoms with Gasteiger partial charge in [0.25, 0.3) is 5.91 Å². The van der Waals surface area contributed by atoms with Crippen LogP contribution in [0.2, 0.25) is 0 Å². The van der Waals surface area contributed by atoms with Crippen LogP contribution in [-0.4, -0.2) is 12.5 Å². The van der Waals surface area contributed by atoms with Gasteiger partial charge in [0.05, 0.1) is 5.56 Å². The first-order valence-corrected chi connectivity index (χ1v) is 7.31. The maximum atomic E-state index is 12.0. The van der Waals surface area contributed by atoms with E-state index in [1.165, 1.54) is 0 Å². The van der Waals surface area contributed by atoms with Gasteiger partial charge in [0.1, 0.15) is 0 Å². The summed E-state index contributed by atoms with van der Waals surface area (Å²) in [5.41, 5.74) is 7.81. The van der Waals surface area contributed by atoms with Crippen molar-refractivity contribution in [1.82, 2.24) is 5.32 Å². The number of amides is 1. The summed E-state index contributed by atoms with van der Waals surface area (Å²) in [6, 6.07) is 17.2. The van der Waals surface area contributed by atoms with Gasteiger partial charge in [-0.2, -0.15) is 0 Å². The molecule has 0 aliphatic rings. The molecule has 2 aromatic rings. The molecule has 0 spiro atoms. The minimum atomic E-state index is -0.0854. The van der Waals surface area contributed by atoms with E-state index in [0.717, 1.165) is 10.0 Å². The van der Waals surface area contributed by atoms with E-state index in [4.69, 9.17) is 5.73 Å². The van der Waals surface area contributed by atoms with Crippen molar-refractivity contribution < 1.29 is 4.79 Å². The second-order valence-electron chi connectivity index (χ2n) is 4.54. The first-order chi connectivity index (χ1) is 9.68. The fourth-order valence-corrected chi connectivity index (χ4v) is 2.41. The van der Waals surface area contributed by atoms with Gasteiger partial charge >= 0.3 is 0 Å². The van der Waals surface area contributed by atoms with Gasteiger partial charge in [0, 0.05) is 17.1 Å². The van der Waals surface area contributed by atoms with Gasteiger partial charge in [-0.1, -0.05) is 42.5 Å². The Morgan fingerprint density at radius 1 is 1.10 bits per heavy atom. The highest BCUT2D eigenvalue weighted by atomic mass is 79.9. The van der Waals surface area contributed by atoms with Crippen LogP contribution in [0.3, 0.4) is 0 Å². The van der Waals surface area contributed by atoms with Gasteiger partial charge in [0.15, 0.2) is 0 Å². The van der Waals surface area contributed by atoms with Crippen molar-refractivity contribution in [1.29, 1.82) is 0 Å². The predicted molar refractivity (Wildman–Crippen MR) is 84.5 cm³/mol. The molecule has 0 aliphatic heterocycles. The van der Waals surface area contributed by atoms with Crippen molar-refractivity contribution in [3.63, 3.8) is 0 Å². The van der Waals surface area contributed by atoms with Crippen LogP contribution in [0.4, 0.5) is 0 Å². The van der Waals surface area contributed by atoms with Crippen LogP contribution in [0.25, 0.3) is 0 Å². The molecule has 0 fully saturated rings. The number of carbonyl (C=O) groups is 1. The third kappa shape index (κ3) is 3.92. The molecule has 1 amide bonds. The quantitative estimate of drug-likeness (QED) is 0.882. The number of halogens is 1. The monoisotopic (exact) mass is 332 g/mol. The lowest BCUT2D eigenvalue weighted by molar-refractivity contribution is 0.0952. The lowest BCUT2D eigenvalue weighted by Crippen LogP contribution is -2.27. The number of rotatable bonds is 5. The van der Waals surface area contributed by atoms with E-state index < -0.39 is 0 Å². The molecule has 0 bridgehead atoms. The van der Waals surface area contributed by atoms with Crippen LogP contribution in [0.5, 0.6) is 0 Å². The highest BCUT2D eigenvalue weighted by Gasteiger charge is 2.10. The first kappa shape index (κ1) is 14.8. The minimum Gasteiger partial charge on any atom is -0.352 e. The predicted octanol–water partition coefficient (Wildman–Crippen LogP) is 3.27. The van der Waals surface area contributed by atoms with Gasteiger partial charge in [-0.05, 0) is 40.0 Å². The normalized spacial score (nSPS) is 11.9. The summed E-state index contributed by atoms with van der Waals surface area (Å²) in [5, 5.41) is 2.89. The van der Waals surface area contributed by atoms with Gasteiger partial charge in [-0.25, -0.2) is 0 Å². The third-order valence-electron chi connectivity index (χ3n) is 3.09. The molecule has 20 heavy (non-hydrogen) atoms. The highest BCUT2D eigenvalue weighted by Crippen LogP contribution is 2.16. The van der Waals surface area contributed by atoms with Crippen LogP contribution in [0.15, 0.2) is 59.1 Å². The molecule has 0 radical (unpaired) electrons. The number of carbonyl (C=O) groups excluding carboxylic acids is 1. The Kier molecular flexibility index (Phi) is 5.32. The summed E-state index contributed by atoms with van der Waals surface area (Å²) in [6.07, 6.45) is 0.709. The summed E-state index contributed by atoms with van der Waals surface area (Å²) in [7, 11) is 0. The Morgan fingerprint density at radius 3 is 2.45 bits per heavy atom. The zero-order valence-corrected chi connectivity index (χ0v) is 12.6. The molecule has 0 aliphatic carbocycles. The van der Waals surface area contributed by atoms with Gasteiger partial charge in [-0.15, -0.1) is 0 Å². The molecule has 1 atom stereocenters. The average Bonchev–Trinajstić information content (AvgIpc) is 2.48. The fraction of sp³-hybridized carbons (Fsp3) is 0.188. The Balaban J connectivity index is 1.84. The topological polar surface area (TPSA) is 55.1 Å². The van der Waals surface area contributed by atoms with Crippen molar-refractivity contribution in [3.05, 3.63) is 70.2 Å². The number of nitrogens with two attached hydrogens (primary N) is 1. The standard InChI is InChI=1S/C16H17BrN2O/c17-14-9-5-4-8-13(14)16(20)19-11-10-15(18)12-6-2-1-3-7-12/h1-9,15H,10-11,18H2,(H,19,20). The molecule has 104 valence electrons. The number of nitrogens with one attached hydrogen (secondary N) is 1. The molecular weight excluding hydrogens is 316 g/mol. The van der Waals surface area contributed by atoms with E-state index in [0.29, 0.717) is 18.5 Å². The van der Waals surface area contributed by atoms with Crippen LogP contribution in [0.1, 0.15) is 28.4 Å². The Hall–Kier alpha value is -1.65. The molecule has 3 nitrogen and oxygen atoms in total. The largest absolute Gasteiger partial charge is 0.352 e. The smallest absolute Gasteiger partial charge is 0.252 e. The van der Waals surface area contributed by atoms with Crippen molar-refractivity contribution in [2.75, 3.05) is 6.54 Å². The summed E-state index contributed by atoms with van der Waals surface area (Å²) >= 11 is 3.37. The van der Waals surface area contributed by atoms with Crippen LogP contribution in [-0.2, 0) is 0 Å². The molecule has 3 N–H and O–H groups in total. The van der Waals surface area contributed by atoms with Gasteiger partial charge in [0.2, 0.25) is 0 Å². The summed E-state index contributed by atoms with van der Waals surface area (Å²) in [6.45, 7) is 0.552. The second-order valence-corrected chi connectivity index (χ2v) is 5.40. The maximum Gasteiger partial charge on any atom is 0.252 e. The molecule has 0 heterocycles. The Morgan fingerprint density at radius 2 is 1.75 bits per heavy atom. The molecule has 4 heteroatoms. The Labute approximate surface area is 127 Å². The van der Waals surface area contributed by atoms with Crippen molar-refractivity contribution in [2.45, 2.75) is 12.5 Å². The van der Waals surface area contributed by atoms with Gasteiger partial charge < -0.3 is 11.1 Å². The van der Waals surface area contributed by atoms with Crippen molar-refractivity contribution in [3.8, 4) is 0 Å². The van der Waals surface area contributed by atoms with Crippen molar-refractivity contribution in [2.24, 2.45) is 5.73 Å².